The molecule has 0 aromatic heterocycles. The Kier molecular flexibility index (Phi) is 7.49. The molecule has 172 valence electrons. The smallest absolute Gasteiger partial charge is 0.338 e. The minimum Gasteiger partial charge on any atom is -0.459 e. The number of aliphatic imine (C=N–C) groups is 1. The van der Waals surface area contributed by atoms with Crippen molar-refractivity contribution >= 4 is 28.8 Å². The quantitative estimate of drug-likeness (QED) is 0.577. The van der Waals surface area contributed by atoms with Crippen LogP contribution < -0.4 is 5.32 Å². The Morgan fingerprint density at radius 2 is 1.94 bits per heavy atom. The van der Waals surface area contributed by atoms with Crippen LogP contribution in [0.3, 0.4) is 0 Å². The van der Waals surface area contributed by atoms with Crippen molar-refractivity contribution in [3.8, 4) is 0 Å². The SMILES string of the molecule is CC[C@H](C)NC(=O)CC1=CSC2=NC(C)=C(C(=O)OC(C)C)[C@H](c3cc(C)ccc3C)N12. The standard InChI is InChI=1S/C25H33N3O3S/c1-8-17(6)26-21(29)12-19-13-32-25-27-18(7)22(24(30)31-14(2)3)23(28(19)25)20-11-15(4)9-10-16(20)5/h9-11,13-14,17,23H,8,12H2,1-7H3,(H,26,29)/t17-,23-/m0/s1. The summed E-state index contributed by atoms with van der Waals surface area (Å²) in [6.45, 7) is 13.7. The molecule has 6 nitrogen and oxygen atoms in total. The van der Waals surface area contributed by atoms with Gasteiger partial charge in [0.1, 0.15) is 0 Å². The highest BCUT2D eigenvalue weighted by molar-refractivity contribution is 8.16. The Balaban J connectivity index is 2.06. The van der Waals surface area contributed by atoms with Crippen LogP contribution in [0, 0.1) is 13.8 Å². The number of carbonyl (C=O) groups excluding carboxylic acids is 2. The van der Waals surface area contributed by atoms with Crippen LogP contribution in [-0.4, -0.2) is 34.1 Å². The predicted molar refractivity (Wildman–Crippen MR) is 130 cm³/mol. The minimum absolute atomic E-state index is 0.0373. The summed E-state index contributed by atoms with van der Waals surface area (Å²) in [6, 6.07) is 5.96. The Morgan fingerprint density at radius 1 is 1.22 bits per heavy atom. The fourth-order valence-electron chi connectivity index (χ4n) is 3.85. The summed E-state index contributed by atoms with van der Waals surface area (Å²) in [5.74, 6) is -0.406. The topological polar surface area (TPSA) is 71.0 Å². The summed E-state index contributed by atoms with van der Waals surface area (Å²) in [4.78, 5) is 32.7. The summed E-state index contributed by atoms with van der Waals surface area (Å²) < 4.78 is 5.62. The number of esters is 1. The molecular weight excluding hydrogens is 422 g/mol. The number of carbonyl (C=O) groups is 2. The lowest BCUT2D eigenvalue weighted by molar-refractivity contribution is -0.143. The van der Waals surface area contributed by atoms with Crippen LogP contribution in [0.5, 0.6) is 0 Å². The molecule has 1 aromatic rings. The van der Waals surface area contributed by atoms with Crippen LogP contribution in [0.2, 0.25) is 0 Å². The molecule has 0 saturated heterocycles. The molecule has 1 aromatic carbocycles. The molecule has 1 N–H and O–H groups in total. The van der Waals surface area contributed by atoms with Gasteiger partial charge in [0.2, 0.25) is 5.91 Å². The van der Waals surface area contributed by atoms with Crippen LogP contribution in [0.4, 0.5) is 0 Å². The Morgan fingerprint density at radius 3 is 2.59 bits per heavy atom. The molecule has 2 heterocycles. The summed E-state index contributed by atoms with van der Waals surface area (Å²) in [5, 5.41) is 5.78. The first-order valence-electron chi connectivity index (χ1n) is 11.1. The van der Waals surface area contributed by atoms with E-state index in [2.05, 4.69) is 23.5 Å². The number of rotatable bonds is 7. The van der Waals surface area contributed by atoms with E-state index < -0.39 is 6.04 Å². The van der Waals surface area contributed by atoms with Crippen molar-refractivity contribution in [1.82, 2.24) is 10.2 Å². The third-order valence-electron chi connectivity index (χ3n) is 5.65. The first-order valence-corrected chi connectivity index (χ1v) is 12.0. The first kappa shape index (κ1) is 24.1. The van der Waals surface area contributed by atoms with E-state index in [1.165, 1.54) is 11.8 Å². The van der Waals surface area contributed by atoms with Crippen LogP contribution in [-0.2, 0) is 14.3 Å². The Bertz CT molecular complexity index is 1010. The average molecular weight is 456 g/mol. The molecule has 32 heavy (non-hydrogen) atoms. The normalized spacial score (nSPS) is 18.9. The summed E-state index contributed by atoms with van der Waals surface area (Å²) in [7, 11) is 0. The zero-order valence-corrected chi connectivity index (χ0v) is 20.8. The molecule has 0 aliphatic carbocycles. The van der Waals surface area contributed by atoms with Crippen molar-refractivity contribution in [3.63, 3.8) is 0 Å². The lowest BCUT2D eigenvalue weighted by atomic mass is 9.90. The molecule has 2 aliphatic rings. The number of hydrogen-bond donors (Lipinski definition) is 1. The predicted octanol–water partition coefficient (Wildman–Crippen LogP) is 5.13. The molecular formula is C25H33N3O3S. The molecule has 2 atom stereocenters. The van der Waals surface area contributed by atoms with Gasteiger partial charge in [0.15, 0.2) is 5.17 Å². The van der Waals surface area contributed by atoms with Gasteiger partial charge in [-0.3, -0.25) is 4.79 Å². The molecule has 0 bridgehead atoms. The number of amidine groups is 1. The number of thioether (sulfide) groups is 1. The second kappa shape index (κ2) is 9.94. The maximum absolute atomic E-state index is 13.2. The average Bonchev–Trinajstić information content (AvgIpc) is 3.09. The second-order valence-electron chi connectivity index (χ2n) is 8.76. The number of allylic oxidation sites excluding steroid dienone is 1. The van der Waals surface area contributed by atoms with E-state index in [1.807, 2.05) is 58.8 Å². The molecule has 1 amide bonds. The molecule has 0 saturated carbocycles. The summed E-state index contributed by atoms with van der Waals surface area (Å²) in [6.07, 6.45) is 0.856. The van der Waals surface area contributed by atoms with Crippen molar-refractivity contribution in [2.75, 3.05) is 0 Å². The maximum atomic E-state index is 13.2. The largest absolute Gasteiger partial charge is 0.459 e. The van der Waals surface area contributed by atoms with E-state index in [9.17, 15) is 9.59 Å². The third-order valence-corrected chi connectivity index (χ3v) is 6.54. The molecule has 0 fully saturated rings. The minimum atomic E-state index is -0.397. The van der Waals surface area contributed by atoms with Crippen LogP contribution in [0.1, 0.15) is 70.2 Å². The first-order chi connectivity index (χ1) is 15.1. The number of aryl methyl sites for hydroxylation is 2. The van der Waals surface area contributed by atoms with Crippen molar-refractivity contribution in [3.05, 3.63) is 57.3 Å². The Hall–Kier alpha value is -2.54. The highest BCUT2D eigenvalue weighted by atomic mass is 32.2. The fraction of sp³-hybridized carbons (Fsp3) is 0.480. The third kappa shape index (κ3) is 5.09. The second-order valence-corrected chi connectivity index (χ2v) is 9.60. The number of nitrogens with zero attached hydrogens (tertiary/aromatic N) is 2. The van der Waals surface area contributed by atoms with Gasteiger partial charge in [0.25, 0.3) is 0 Å². The number of fused-ring (bicyclic) bond motifs is 1. The van der Waals surface area contributed by atoms with E-state index in [-0.39, 0.29) is 30.4 Å². The number of benzene rings is 1. The number of hydrogen-bond acceptors (Lipinski definition) is 6. The summed E-state index contributed by atoms with van der Waals surface area (Å²) >= 11 is 1.49. The highest BCUT2D eigenvalue weighted by Crippen LogP contribution is 2.45. The fourth-order valence-corrected chi connectivity index (χ4v) is 4.81. The Labute approximate surface area is 195 Å². The van der Waals surface area contributed by atoms with Gasteiger partial charge in [-0.25, -0.2) is 9.79 Å². The lowest BCUT2D eigenvalue weighted by Crippen LogP contribution is -2.39. The monoisotopic (exact) mass is 455 g/mol. The van der Waals surface area contributed by atoms with Crippen molar-refractivity contribution in [1.29, 1.82) is 0 Å². The van der Waals surface area contributed by atoms with E-state index >= 15 is 0 Å². The van der Waals surface area contributed by atoms with Gasteiger partial charge < -0.3 is 15.0 Å². The maximum Gasteiger partial charge on any atom is 0.338 e. The molecule has 0 spiro atoms. The van der Waals surface area contributed by atoms with E-state index in [1.54, 1.807) is 0 Å². The van der Waals surface area contributed by atoms with Gasteiger partial charge in [-0.05, 0) is 64.5 Å². The summed E-state index contributed by atoms with van der Waals surface area (Å²) in [5.41, 5.74) is 5.21. The van der Waals surface area contributed by atoms with Gasteiger partial charge in [-0.15, -0.1) is 0 Å². The number of amides is 1. The molecule has 0 radical (unpaired) electrons. The number of ether oxygens (including phenoxy) is 1. The van der Waals surface area contributed by atoms with Gasteiger partial charge >= 0.3 is 5.97 Å². The van der Waals surface area contributed by atoms with E-state index in [0.717, 1.165) is 34.0 Å². The van der Waals surface area contributed by atoms with Crippen molar-refractivity contribution in [2.24, 2.45) is 4.99 Å². The van der Waals surface area contributed by atoms with Crippen molar-refractivity contribution in [2.45, 2.75) is 79.5 Å². The molecule has 3 rings (SSSR count). The molecule has 0 unspecified atom stereocenters. The molecule has 2 aliphatic heterocycles. The van der Waals surface area contributed by atoms with Gasteiger partial charge in [0, 0.05) is 11.7 Å². The van der Waals surface area contributed by atoms with Crippen LogP contribution >= 0.6 is 11.8 Å². The van der Waals surface area contributed by atoms with Gasteiger partial charge in [-0.2, -0.15) is 0 Å². The van der Waals surface area contributed by atoms with Crippen LogP contribution in [0.25, 0.3) is 0 Å². The number of nitrogens with one attached hydrogen (secondary N) is 1. The molecule has 7 heteroatoms. The highest BCUT2D eigenvalue weighted by Gasteiger charge is 2.41. The van der Waals surface area contributed by atoms with E-state index in [0.29, 0.717) is 11.3 Å². The zero-order chi connectivity index (χ0) is 23.6. The van der Waals surface area contributed by atoms with Crippen molar-refractivity contribution < 1.29 is 14.3 Å². The van der Waals surface area contributed by atoms with Crippen LogP contribution in [0.15, 0.2) is 45.6 Å². The van der Waals surface area contributed by atoms with Gasteiger partial charge in [-0.1, -0.05) is 42.4 Å². The van der Waals surface area contributed by atoms with Gasteiger partial charge in [0.05, 0.1) is 29.8 Å². The lowest BCUT2D eigenvalue weighted by Gasteiger charge is -2.37. The van der Waals surface area contributed by atoms with E-state index in [4.69, 9.17) is 9.73 Å². The zero-order valence-electron chi connectivity index (χ0n) is 20.0.